The maximum atomic E-state index is 12.4. The summed E-state index contributed by atoms with van der Waals surface area (Å²) < 4.78 is 4.67. The van der Waals surface area contributed by atoms with Crippen LogP contribution in [0.15, 0.2) is 65.3 Å². The number of hydrogen-bond donors (Lipinski definition) is 1. The highest BCUT2D eigenvalue weighted by Gasteiger charge is 2.15. The molecule has 0 fully saturated rings. The van der Waals surface area contributed by atoms with Crippen molar-refractivity contribution in [2.24, 2.45) is 0 Å². The first-order chi connectivity index (χ1) is 15.0. The molecule has 1 amide bonds. The van der Waals surface area contributed by atoms with E-state index in [0.29, 0.717) is 16.3 Å². The molecule has 2 aromatic heterocycles. The number of rotatable bonds is 6. The van der Waals surface area contributed by atoms with E-state index in [2.05, 4.69) is 20.0 Å². The maximum absolute atomic E-state index is 12.4. The Morgan fingerprint density at radius 2 is 1.84 bits per heavy atom. The molecule has 156 valence electrons. The number of nitrogens with zero attached hydrogens (tertiary/aromatic N) is 2. The molecule has 0 aliphatic heterocycles. The Morgan fingerprint density at radius 1 is 1.10 bits per heavy atom. The molecule has 4 rings (SSSR count). The van der Waals surface area contributed by atoms with Gasteiger partial charge in [-0.1, -0.05) is 35.5 Å². The number of amides is 1. The van der Waals surface area contributed by atoms with Crippen molar-refractivity contribution >= 4 is 62.5 Å². The first-order valence-corrected chi connectivity index (χ1v) is 11.4. The molecule has 2 aromatic carbocycles. The number of esters is 1. The van der Waals surface area contributed by atoms with E-state index in [-0.39, 0.29) is 11.7 Å². The molecular formula is C22H16ClN3O3S2. The summed E-state index contributed by atoms with van der Waals surface area (Å²) in [5.74, 6) is -0.417. The minimum Gasteiger partial charge on any atom is -0.465 e. The molecule has 0 atom stereocenters. The first kappa shape index (κ1) is 21.3. The number of methoxy groups -OCH3 is 1. The van der Waals surface area contributed by atoms with Crippen molar-refractivity contribution in [2.45, 2.75) is 5.03 Å². The van der Waals surface area contributed by atoms with Crippen LogP contribution >= 0.6 is 34.7 Å². The van der Waals surface area contributed by atoms with Crippen LogP contribution in [0.25, 0.3) is 21.3 Å². The van der Waals surface area contributed by atoms with Gasteiger partial charge in [0.05, 0.1) is 23.8 Å². The Balaban J connectivity index is 1.49. The van der Waals surface area contributed by atoms with Crippen LogP contribution in [-0.2, 0) is 9.53 Å². The van der Waals surface area contributed by atoms with Crippen LogP contribution in [0.3, 0.4) is 0 Å². The lowest BCUT2D eigenvalue weighted by Crippen LogP contribution is -2.14. The first-order valence-electron chi connectivity index (χ1n) is 9.14. The standard InChI is InChI=1S/C22H16ClN3O3S2/c1-29-22(28)14-4-8-16(9-5-14)26-18(27)11-31-21-19-17(10-30-20(19)24-12-25-21)13-2-6-15(23)7-3-13/h2-10,12H,11H2,1H3,(H,26,27). The lowest BCUT2D eigenvalue weighted by atomic mass is 10.1. The highest BCUT2D eigenvalue weighted by molar-refractivity contribution is 8.00. The number of halogens is 1. The normalized spacial score (nSPS) is 10.8. The van der Waals surface area contributed by atoms with Gasteiger partial charge in [-0.2, -0.15) is 0 Å². The summed E-state index contributed by atoms with van der Waals surface area (Å²) in [6.45, 7) is 0. The Kier molecular flexibility index (Phi) is 6.50. The predicted molar refractivity (Wildman–Crippen MR) is 125 cm³/mol. The molecule has 0 bridgehead atoms. The number of hydrogen-bond acceptors (Lipinski definition) is 7. The minimum absolute atomic E-state index is 0.175. The second-order valence-electron chi connectivity index (χ2n) is 6.42. The number of fused-ring (bicyclic) bond motifs is 1. The average molecular weight is 470 g/mol. The molecule has 0 aliphatic carbocycles. The van der Waals surface area contributed by atoms with Gasteiger partial charge in [-0.15, -0.1) is 11.3 Å². The van der Waals surface area contributed by atoms with E-state index in [1.165, 1.54) is 36.5 Å². The number of benzene rings is 2. The summed E-state index contributed by atoms with van der Waals surface area (Å²) in [6, 6.07) is 14.1. The van der Waals surface area contributed by atoms with Crippen LogP contribution in [0.5, 0.6) is 0 Å². The van der Waals surface area contributed by atoms with Gasteiger partial charge in [0.25, 0.3) is 0 Å². The minimum atomic E-state index is -0.423. The number of carbonyl (C=O) groups is 2. The summed E-state index contributed by atoms with van der Waals surface area (Å²) in [5.41, 5.74) is 3.05. The zero-order valence-electron chi connectivity index (χ0n) is 16.3. The molecule has 9 heteroatoms. The monoisotopic (exact) mass is 469 g/mol. The van der Waals surface area contributed by atoms with Gasteiger partial charge >= 0.3 is 5.97 Å². The fraction of sp³-hybridized carbons (Fsp3) is 0.0909. The average Bonchev–Trinajstić information content (AvgIpc) is 3.23. The smallest absolute Gasteiger partial charge is 0.337 e. The van der Waals surface area contributed by atoms with E-state index in [1.807, 2.05) is 29.6 Å². The molecule has 31 heavy (non-hydrogen) atoms. The number of thioether (sulfide) groups is 1. The van der Waals surface area contributed by atoms with Crippen LogP contribution in [0, 0.1) is 0 Å². The van der Waals surface area contributed by atoms with Crippen molar-refractivity contribution in [3.05, 3.63) is 70.8 Å². The number of anilines is 1. The van der Waals surface area contributed by atoms with Crippen LogP contribution in [-0.4, -0.2) is 34.7 Å². The molecule has 0 aliphatic rings. The Bertz CT molecular complexity index is 1240. The fourth-order valence-electron chi connectivity index (χ4n) is 2.94. The van der Waals surface area contributed by atoms with Crippen LogP contribution < -0.4 is 5.32 Å². The zero-order valence-corrected chi connectivity index (χ0v) is 18.7. The van der Waals surface area contributed by atoms with E-state index in [1.54, 1.807) is 24.3 Å². The molecule has 4 aromatic rings. The third kappa shape index (κ3) is 4.87. The van der Waals surface area contributed by atoms with E-state index in [4.69, 9.17) is 11.6 Å². The van der Waals surface area contributed by atoms with Crippen molar-refractivity contribution in [3.63, 3.8) is 0 Å². The Hall–Kier alpha value is -2.94. The predicted octanol–water partition coefficient (Wildman–Crippen LogP) is 5.53. The van der Waals surface area contributed by atoms with Gasteiger partial charge in [0.1, 0.15) is 16.2 Å². The molecule has 0 spiro atoms. The van der Waals surface area contributed by atoms with Crippen molar-refractivity contribution in [1.29, 1.82) is 0 Å². The highest BCUT2D eigenvalue weighted by atomic mass is 35.5. The second kappa shape index (κ2) is 9.47. The zero-order chi connectivity index (χ0) is 21.8. The van der Waals surface area contributed by atoms with Gasteiger partial charge in [-0.05, 0) is 42.0 Å². The van der Waals surface area contributed by atoms with E-state index in [9.17, 15) is 9.59 Å². The summed E-state index contributed by atoms with van der Waals surface area (Å²) in [5, 5.41) is 7.20. The highest BCUT2D eigenvalue weighted by Crippen LogP contribution is 2.38. The van der Waals surface area contributed by atoms with Gasteiger partial charge in [0.2, 0.25) is 5.91 Å². The molecule has 0 saturated carbocycles. The SMILES string of the molecule is COC(=O)c1ccc(NC(=O)CSc2ncnc3scc(-c4ccc(Cl)cc4)c23)cc1. The lowest BCUT2D eigenvalue weighted by molar-refractivity contribution is -0.113. The molecule has 0 radical (unpaired) electrons. The van der Waals surface area contributed by atoms with Crippen molar-refractivity contribution in [3.8, 4) is 11.1 Å². The summed E-state index contributed by atoms with van der Waals surface area (Å²) >= 11 is 8.89. The van der Waals surface area contributed by atoms with Crippen LogP contribution in [0.2, 0.25) is 5.02 Å². The third-order valence-electron chi connectivity index (χ3n) is 4.42. The Labute approximate surface area is 191 Å². The molecule has 2 heterocycles. The van der Waals surface area contributed by atoms with Crippen LogP contribution in [0.4, 0.5) is 5.69 Å². The fourth-order valence-corrected chi connectivity index (χ4v) is 4.86. The quantitative estimate of drug-likeness (QED) is 0.227. The molecular weight excluding hydrogens is 454 g/mol. The van der Waals surface area contributed by atoms with E-state index in [0.717, 1.165) is 26.4 Å². The summed E-state index contributed by atoms with van der Waals surface area (Å²) in [7, 11) is 1.32. The summed E-state index contributed by atoms with van der Waals surface area (Å²) in [4.78, 5) is 33.6. The van der Waals surface area contributed by atoms with Crippen molar-refractivity contribution < 1.29 is 14.3 Å². The summed E-state index contributed by atoms with van der Waals surface area (Å²) in [6.07, 6.45) is 1.51. The molecule has 1 N–H and O–H groups in total. The van der Waals surface area contributed by atoms with Crippen LogP contribution in [0.1, 0.15) is 10.4 Å². The van der Waals surface area contributed by atoms with Crippen molar-refractivity contribution in [1.82, 2.24) is 9.97 Å². The van der Waals surface area contributed by atoms with Gasteiger partial charge in [0.15, 0.2) is 0 Å². The molecule has 0 unspecified atom stereocenters. The van der Waals surface area contributed by atoms with Crippen molar-refractivity contribution in [2.75, 3.05) is 18.2 Å². The largest absolute Gasteiger partial charge is 0.465 e. The third-order valence-corrected chi connectivity index (χ3v) is 6.55. The van der Waals surface area contributed by atoms with Gasteiger partial charge in [-0.25, -0.2) is 14.8 Å². The number of ether oxygens (including phenoxy) is 1. The van der Waals surface area contributed by atoms with E-state index < -0.39 is 5.97 Å². The molecule has 0 saturated heterocycles. The van der Waals surface area contributed by atoms with Gasteiger partial charge < -0.3 is 10.1 Å². The number of aromatic nitrogens is 2. The van der Waals surface area contributed by atoms with Gasteiger partial charge in [-0.3, -0.25) is 4.79 Å². The maximum Gasteiger partial charge on any atom is 0.337 e. The topological polar surface area (TPSA) is 81.2 Å². The molecule has 6 nitrogen and oxygen atoms in total. The lowest BCUT2D eigenvalue weighted by Gasteiger charge is -2.07. The Morgan fingerprint density at radius 3 is 2.55 bits per heavy atom. The number of nitrogens with one attached hydrogen (secondary N) is 1. The number of carbonyl (C=O) groups excluding carboxylic acids is 2. The van der Waals surface area contributed by atoms with Gasteiger partial charge in [0, 0.05) is 21.7 Å². The number of thiophene rings is 1. The second-order valence-corrected chi connectivity index (χ2v) is 8.68. The van der Waals surface area contributed by atoms with E-state index >= 15 is 0 Å².